The van der Waals surface area contributed by atoms with Crippen molar-refractivity contribution in [3.63, 3.8) is 0 Å². The number of hydrogen-bond donors (Lipinski definition) is 1. The van der Waals surface area contributed by atoms with E-state index in [1.54, 1.807) is 10.9 Å². The second-order valence-corrected chi connectivity index (χ2v) is 14.0. The first-order valence-corrected chi connectivity index (χ1v) is 15.4. The number of nitrogens with zero attached hydrogens (tertiary/aromatic N) is 2. The van der Waals surface area contributed by atoms with E-state index in [0.717, 1.165) is 58.5 Å². The van der Waals surface area contributed by atoms with Crippen LogP contribution in [0.25, 0.3) is 32.9 Å². The average molecular weight is 553 g/mol. The minimum absolute atomic E-state index is 0.117. The van der Waals surface area contributed by atoms with Crippen molar-refractivity contribution in [3.8, 4) is 21.8 Å². The molecule has 9 heteroatoms. The Labute approximate surface area is 227 Å². The molecule has 4 aromatic rings. The summed E-state index contributed by atoms with van der Waals surface area (Å²) in [6.45, 7) is 6.10. The molecule has 200 valence electrons. The number of rotatable bonds is 8. The quantitative estimate of drug-likeness (QED) is 0.219. The van der Waals surface area contributed by atoms with Gasteiger partial charge in [0.25, 0.3) is 7.52 Å². The van der Waals surface area contributed by atoms with Gasteiger partial charge in [0.1, 0.15) is 16.2 Å². The van der Waals surface area contributed by atoms with E-state index >= 15 is 0 Å². The smallest absolute Gasteiger partial charge is 0.348 e. The highest BCUT2D eigenvalue weighted by atomic mass is 32.1. The maximum absolute atomic E-state index is 14.5. The molecule has 1 aliphatic carbocycles. The Bertz CT molecular complexity index is 1450. The molecule has 1 unspecified atom stereocenters. The molecule has 0 radical (unpaired) electrons. The molecule has 0 saturated heterocycles. The lowest BCUT2D eigenvalue weighted by Gasteiger charge is -2.41. The molecule has 7 nitrogen and oxygen atoms in total. The molecule has 1 N–H and O–H groups in total. The number of furan rings is 1. The molecule has 1 fully saturated rings. The van der Waals surface area contributed by atoms with Crippen molar-refractivity contribution in [2.45, 2.75) is 58.2 Å². The molecule has 3 heterocycles. The standard InChI is InChI=1S/C29H33N2O5PS/c1-18(2)31(37(34,35-4)22-13-7-19(3)8-14-22)24-17-27(38-28(24)29(32)33)21-11-9-20(10-12-21)26-16-23-25(36-26)6-5-15-30-23/h5-6,9-12,15-19,22H,7-8,13-14H2,1-4H3,(H,32,33). The van der Waals surface area contributed by atoms with E-state index in [1.165, 1.54) is 18.4 Å². The molecule has 1 atom stereocenters. The van der Waals surface area contributed by atoms with E-state index in [1.807, 2.05) is 62.4 Å². The van der Waals surface area contributed by atoms with Gasteiger partial charge in [-0.05, 0) is 69.2 Å². The Morgan fingerprint density at radius 3 is 2.42 bits per heavy atom. The van der Waals surface area contributed by atoms with Gasteiger partial charge in [0.2, 0.25) is 0 Å². The molecule has 1 saturated carbocycles. The van der Waals surface area contributed by atoms with E-state index in [2.05, 4.69) is 11.9 Å². The van der Waals surface area contributed by atoms with Crippen molar-refractivity contribution in [1.82, 2.24) is 4.98 Å². The van der Waals surface area contributed by atoms with Crippen LogP contribution in [0.2, 0.25) is 0 Å². The van der Waals surface area contributed by atoms with E-state index in [9.17, 15) is 14.5 Å². The van der Waals surface area contributed by atoms with Gasteiger partial charge in [-0.3, -0.25) is 14.2 Å². The number of hydrogen-bond acceptors (Lipinski definition) is 6. The summed E-state index contributed by atoms with van der Waals surface area (Å²) in [5, 5.41) is 10.1. The van der Waals surface area contributed by atoms with E-state index in [0.29, 0.717) is 11.6 Å². The SMILES string of the molecule is COP(=O)(C1CCC(C)CC1)N(c1cc(-c2ccc(-c3cc4ncccc4o3)cc2)sc1C(=O)O)C(C)C. The fourth-order valence-electron chi connectivity index (χ4n) is 5.39. The third kappa shape index (κ3) is 4.93. The Balaban J connectivity index is 1.51. The van der Waals surface area contributed by atoms with Gasteiger partial charge in [0, 0.05) is 35.9 Å². The second-order valence-electron chi connectivity index (χ2n) is 10.3. The first kappa shape index (κ1) is 26.7. The maximum Gasteiger partial charge on any atom is 0.348 e. The van der Waals surface area contributed by atoms with Crippen LogP contribution in [0.3, 0.4) is 0 Å². The summed E-state index contributed by atoms with van der Waals surface area (Å²) >= 11 is 1.19. The molecular formula is C29H33N2O5PS. The minimum Gasteiger partial charge on any atom is -0.477 e. The van der Waals surface area contributed by atoms with Gasteiger partial charge < -0.3 is 14.0 Å². The molecule has 5 rings (SSSR count). The zero-order chi connectivity index (χ0) is 27.0. The van der Waals surface area contributed by atoms with Gasteiger partial charge in [-0.15, -0.1) is 11.3 Å². The minimum atomic E-state index is -3.34. The largest absolute Gasteiger partial charge is 0.477 e. The van der Waals surface area contributed by atoms with Gasteiger partial charge in [-0.1, -0.05) is 31.2 Å². The van der Waals surface area contributed by atoms with Crippen molar-refractivity contribution >= 4 is 41.6 Å². The van der Waals surface area contributed by atoms with E-state index < -0.39 is 13.5 Å². The van der Waals surface area contributed by atoms with Gasteiger partial charge in [-0.2, -0.15) is 0 Å². The lowest BCUT2D eigenvalue weighted by Crippen LogP contribution is -2.35. The first-order chi connectivity index (χ1) is 18.2. The van der Waals surface area contributed by atoms with Gasteiger partial charge in [0.05, 0.1) is 11.3 Å². The fourth-order valence-corrected chi connectivity index (χ4v) is 9.33. The number of carbonyl (C=O) groups is 1. The normalized spacial score (nSPS) is 19.5. The highest BCUT2D eigenvalue weighted by Gasteiger charge is 2.44. The van der Waals surface area contributed by atoms with Crippen LogP contribution in [0.4, 0.5) is 5.69 Å². The Hall–Kier alpha value is -2.93. The molecule has 0 bridgehead atoms. The monoisotopic (exact) mass is 552 g/mol. The Morgan fingerprint density at radius 1 is 1.13 bits per heavy atom. The van der Waals surface area contributed by atoms with Crippen LogP contribution >= 0.6 is 18.9 Å². The highest BCUT2D eigenvalue weighted by molar-refractivity contribution is 7.61. The second kappa shape index (κ2) is 10.7. The van der Waals surface area contributed by atoms with E-state index in [4.69, 9.17) is 8.94 Å². The Morgan fingerprint density at radius 2 is 1.82 bits per heavy atom. The average Bonchev–Trinajstić information content (AvgIpc) is 3.54. The van der Waals surface area contributed by atoms with Crippen molar-refractivity contribution in [3.05, 3.63) is 59.6 Å². The predicted octanol–water partition coefficient (Wildman–Crippen LogP) is 8.55. The maximum atomic E-state index is 14.5. The van der Waals surface area contributed by atoms with Crippen LogP contribution in [0.5, 0.6) is 0 Å². The number of aromatic carboxylic acids is 1. The van der Waals surface area contributed by atoms with Crippen molar-refractivity contribution in [2.24, 2.45) is 5.92 Å². The molecule has 0 amide bonds. The number of benzene rings is 1. The van der Waals surface area contributed by atoms with Crippen LogP contribution in [0.15, 0.2) is 59.1 Å². The van der Waals surface area contributed by atoms with Crippen LogP contribution in [0.1, 0.15) is 56.1 Å². The van der Waals surface area contributed by atoms with Gasteiger partial charge in [0.15, 0.2) is 5.58 Å². The highest BCUT2D eigenvalue weighted by Crippen LogP contribution is 2.62. The van der Waals surface area contributed by atoms with Crippen LogP contribution in [0, 0.1) is 5.92 Å². The number of aromatic nitrogens is 1. The first-order valence-electron chi connectivity index (χ1n) is 13.0. The van der Waals surface area contributed by atoms with Crippen molar-refractivity contribution in [2.75, 3.05) is 11.8 Å². The molecular weight excluding hydrogens is 519 g/mol. The van der Waals surface area contributed by atoms with Crippen LogP contribution in [-0.4, -0.2) is 34.9 Å². The molecule has 38 heavy (non-hydrogen) atoms. The molecule has 0 aliphatic heterocycles. The number of carboxylic acids is 1. The lowest BCUT2D eigenvalue weighted by atomic mass is 9.91. The number of carboxylic acid groups (broad SMARTS) is 1. The topological polar surface area (TPSA) is 92.9 Å². The summed E-state index contributed by atoms with van der Waals surface area (Å²) in [5.41, 5.74) is 3.65. The summed E-state index contributed by atoms with van der Waals surface area (Å²) in [7, 11) is -1.85. The number of fused-ring (bicyclic) bond motifs is 1. The number of anilines is 1. The Kier molecular flexibility index (Phi) is 7.49. The summed E-state index contributed by atoms with van der Waals surface area (Å²) in [5.74, 6) is 0.288. The fraction of sp³-hybridized carbons (Fsp3) is 0.379. The van der Waals surface area contributed by atoms with Crippen molar-refractivity contribution < 1.29 is 23.4 Å². The summed E-state index contributed by atoms with van der Waals surface area (Å²) in [4.78, 5) is 17.7. The zero-order valence-corrected chi connectivity index (χ0v) is 23.8. The molecule has 1 aromatic carbocycles. The van der Waals surface area contributed by atoms with Gasteiger partial charge in [-0.25, -0.2) is 4.79 Å². The van der Waals surface area contributed by atoms with Crippen LogP contribution in [-0.2, 0) is 9.09 Å². The number of thiophene rings is 1. The van der Waals surface area contributed by atoms with Crippen LogP contribution < -0.4 is 4.67 Å². The summed E-state index contributed by atoms with van der Waals surface area (Å²) in [6, 6.07) is 15.1. The predicted molar refractivity (Wildman–Crippen MR) is 153 cm³/mol. The van der Waals surface area contributed by atoms with Crippen molar-refractivity contribution in [1.29, 1.82) is 0 Å². The summed E-state index contributed by atoms with van der Waals surface area (Å²) < 4.78 is 28.0. The lowest BCUT2D eigenvalue weighted by molar-refractivity contribution is 0.0703. The summed E-state index contributed by atoms with van der Waals surface area (Å²) in [6.07, 6.45) is 5.36. The molecule has 1 aliphatic rings. The molecule has 0 spiro atoms. The zero-order valence-electron chi connectivity index (χ0n) is 22.1. The number of pyridine rings is 1. The third-order valence-corrected chi connectivity index (χ3v) is 11.8. The third-order valence-electron chi connectivity index (χ3n) is 7.39. The molecule has 3 aromatic heterocycles. The van der Waals surface area contributed by atoms with E-state index in [-0.39, 0.29) is 16.6 Å². The van der Waals surface area contributed by atoms with Gasteiger partial charge >= 0.3 is 5.97 Å².